The zero-order valence-corrected chi connectivity index (χ0v) is 15.1. The van der Waals surface area contributed by atoms with Crippen molar-refractivity contribution in [3.63, 3.8) is 0 Å². The van der Waals surface area contributed by atoms with Crippen molar-refractivity contribution in [3.8, 4) is 0 Å². The Kier molecular flexibility index (Phi) is 8.92. The summed E-state index contributed by atoms with van der Waals surface area (Å²) in [6, 6.07) is 7.80. The van der Waals surface area contributed by atoms with Gasteiger partial charge < -0.3 is 15.4 Å². The van der Waals surface area contributed by atoms with E-state index < -0.39 is 0 Å². The van der Waals surface area contributed by atoms with Crippen LogP contribution in [0.5, 0.6) is 0 Å². The largest absolute Gasteiger partial charge is 0.380 e. The van der Waals surface area contributed by atoms with Crippen LogP contribution in [0.4, 0.5) is 0 Å². The highest BCUT2D eigenvalue weighted by Gasteiger charge is 2.27. The standard InChI is InChI=1S/C17H25ClN2O2.ClH/c1-22-16(11-19)10-17(21)20(12-14-2-3-14)9-8-13-4-6-15(18)7-5-13;/h4-7,14,16H,2-3,8-12,19H2,1H3;1H. The van der Waals surface area contributed by atoms with Gasteiger partial charge in [0.1, 0.15) is 0 Å². The molecule has 0 aliphatic heterocycles. The molecule has 0 spiro atoms. The van der Waals surface area contributed by atoms with Crippen LogP contribution in [0.3, 0.4) is 0 Å². The summed E-state index contributed by atoms with van der Waals surface area (Å²) in [6.07, 6.45) is 3.48. The van der Waals surface area contributed by atoms with Crippen molar-refractivity contribution in [2.75, 3.05) is 26.7 Å². The van der Waals surface area contributed by atoms with Crippen LogP contribution in [0.25, 0.3) is 0 Å². The highest BCUT2D eigenvalue weighted by Crippen LogP contribution is 2.30. The lowest BCUT2D eigenvalue weighted by Crippen LogP contribution is -2.38. The number of ether oxygens (including phenoxy) is 1. The molecule has 4 nitrogen and oxygen atoms in total. The monoisotopic (exact) mass is 360 g/mol. The molecule has 1 fully saturated rings. The van der Waals surface area contributed by atoms with Crippen LogP contribution >= 0.6 is 24.0 Å². The van der Waals surface area contributed by atoms with E-state index in [1.54, 1.807) is 7.11 Å². The van der Waals surface area contributed by atoms with Crippen molar-refractivity contribution >= 4 is 29.9 Å². The van der Waals surface area contributed by atoms with Crippen molar-refractivity contribution in [2.24, 2.45) is 11.7 Å². The van der Waals surface area contributed by atoms with Crippen molar-refractivity contribution in [3.05, 3.63) is 34.9 Å². The Labute approximate surface area is 149 Å². The normalized spacial score (nSPS) is 14.9. The molecule has 1 aliphatic carbocycles. The first-order chi connectivity index (χ1) is 10.6. The number of methoxy groups -OCH3 is 1. The molecule has 1 aromatic carbocycles. The molecule has 1 unspecified atom stereocenters. The molecule has 1 atom stereocenters. The van der Waals surface area contributed by atoms with Crippen LogP contribution in [0.15, 0.2) is 24.3 Å². The first-order valence-electron chi connectivity index (χ1n) is 7.87. The van der Waals surface area contributed by atoms with Gasteiger partial charge >= 0.3 is 0 Å². The van der Waals surface area contributed by atoms with Crippen molar-refractivity contribution in [1.82, 2.24) is 4.90 Å². The number of hydrogen-bond donors (Lipinski definition) is 1. The number of hydrogen-bond acceptors (Lipinski definition) is 3. The third kappa shape index (κ3) is 7.08. The van der Waals surface area contributed by atoms with Gasteiger partial charge in [-0.3, -0.25) is 4.79 Å². The van der Waals surface area contributed by atoms with Gasteiger partial charge in [0.25, 0.3) is 0 Å². The fourth-order valence-corrected chi connectivity index (χ4v) is 2.56. The molecule has 130 valence electrons. The fraction of sp³-hybridized carbons (Fsp3) is 0.588. The molecule has 1 saturated carbocycles. The highest BCUT2D eigenvalue weighted by atomic mass is 35.5. The summed E-state index contributed by atoms with van der Waals surface area (Å²) in [7, 11) is 1.60. The van der Waals surface area contributed by atoms with Gasteiger partial charge in [0, 0.05) is 31.8 Å². The lowest BCUT2D eigenvalue weighted by molar-refractivity contribution is -0.133. The summed E-state index contributed by atoms with van der Waals surface area (Å²) in [5.41, 5.74) is 6.81. The summed E-state index contributed by atoms with van der Waals surface area (Å²) in [4.78, 5) is 14.4. The summed E-state index contributed by atoms with van der Waals surface area (Å²) in [5.74, 6) is 0.811. The van der Waals surface area contributed by atoms with E-state index >= 15 is 0 Å². The smallest absolute Gasteiger partial charge is 0.225 e. The number of rotatable bonds is 9. The van der Waals surface area contributed by atoms with Crippen LogP contribution < -0.4 is 5.73 Å². The van der Waals surface area contributed by atoms with Crippen molar-refractivity contribution < 1.29 is 9.53 Å². The van der Waals surface area contributed by atoms with E-state index in [4.69, 9.17) is 22.1 Å². The minimum absolute atomic E-state index is 0. The summed E-state index contributed by atoms with van der Waals surface area (Å²) in [5, 5.41) is 0.737. The molecule has 2 rings (SSSR count). The number of halogens is 2. The molecule has 1 amide bonds. The average molecular weight is 361 g/mol. The second kappa shape index (κ2) is 10.1. The van der Waals surface area contributed by atoms with Crippen molar-refractivity contribution in [2.45, 2.75) is 31.8 Å². The quantitative estimate of drug-likeness (QED) is 0.736. The van der Waals surface area contributed by atoms with Gasteiger partial charge in [0.05, 0.1) is 12.5 Å². The molecule has 0 heterocycles. The Hall–Kier alpha value is -0.810. The molecule has 0 saturated heterocycles. The fourth-order valence-electron chi connectivity index (χ4n) is 2.43. The molecule has 0 radical (unpaired) electrons. The minimum atomic E-state index is -0.190. The molecular weight excluding hydrogens is 335 g/mol. The number of carbonyl (C=O) groups is 1. The lowest BCUT2D eigenvalue weighted by Gasteiger charge is -2.24. The van der Waals surface area contributed by atoms with E-state index in [1.807, 2.05) is 29.2 Å². The predicted molar refractivity (Wildman–Crippen MR) is 96.2 cm³/mol. The SMILES string of the molecule is COC(CN)CC(=O)N(CCc1ccc(Cl)cc1)CC1CC1.Cl. The van der Waals surface area contributed by atoms with E-state index in [2.05, 4.69) is 0 Å². The van der Waals surface area contributed by atoms with Crippen LogP contribution in [-0.4, -0.2) is 43.7 Å². The maximum atomic E-state index is 12.5. The van der Waals surface area contributed by atoms with Gasteiger partial charge in [-0.15, -0.1) is 12.4 Å². The zero-order chi connectivity index (χ0) is 15.9. The van der Waals surface area contributed by atoms with E-state index in [0.717, 1.165) is 24.5 Å². The molecular formula is C17H26Cl2N2O2. The molecule has 1 aliphatic rings. The van der Waals surface area contributed by atoms with E-state index in [-0.39, 0.29) is 24.4 Å². The molecule has 2 N–H and O–H groups in total. The molecule has 23 heavy (non-hydrogen) atoms. The molecule has 0 bridgehead atoms. The van der Waals surface area contributed by atoms with E-state index in [9.17, 15) is 4.79 Å². The number of nitrogens with zero attached hydrogens (tertiary/aromatic N) is 1. The van der Waals surface area contributed by atoms with Crippen LogP contribution in [0.1, 0.15) is 24.8 Å². The minimum Gasteiger partial charge on any atom is -0.380 e. The number of amides is 1. The van der Waals surface area contributed by atoms with Gasteiger partial charge in [-0.05, 0) is 42.9 Å². The number of benzene rings is 1. The Morgan fingerprint density at radius 3 is 2.57 bits per heavy atom. The van der Waals surface area contributed by atoms with Crippen LogP contribution in [0.2, 0.25) is 5.02 Å². The molecule has 0 aromatic heterocycles. The highest BCUT2D eigenvalue weighted by molar-refractivity contribution is 6.30. The maximum Gasteiger partial charge on any atom is 0.225 e. The van der Waals surface area contributed by atoms with Crippen LogP contribution in [0, 0.1) is 5.92 Å². The first-order valence-corrected chi connectivity index (χ1v) is 8.25. The Bertz CT molecular complexity index is 474. The molecule has 1 aromatic rings. The zero-order valence-electron chi connectivity index (χ0n) is 13.5. The van der Waals surface area contributed by atoms with Gasteiger partial charge in [-0.25, -0.2) is 0 Å². The van der Waals surface area contributed by atoms with Crippen LogP contribution in [-0.2, 0) is 16.0 Å². The summed E-state index contributed by atoms with van der Waals surface area (Å²) in [6.45, 7) is 1.96. The van der Waals surface area contributed by atoms with Gasteiger partial charge in [-0.2, -0.15) is 0 Å². The third-order valence-corrected chi connectivity index (χ3v) is 4.36. The lowest BCUT2D eigenvalue weighted by atomic mass is 10.1. The Balaban J connectivity index is 0.00000264. The molecule has 6 heteroatoms. The maximum absolute atomic E-state index is 12.5. The Morgan fingerprint density at radius 1 is 1.39 bits per heavy atom. The summed E-state index contributed by atoms with van der Waals surface area (Å²) >= 11 is 5.90. The van der Waals surface area contributed by atoms with Gasteiger partial charge in [-0.1, -0.05) is 23.7 Å². The predicted octanol–water partition coefficient (Wildman–Crippen LogP) is 2.91. The topological polar surface area (TPSA) is 55.6 Å². The van der Waals surface area contributed by atoms with E-state index in [1.165, 1.54) is 18.4 Å². The van der Waals surface area contributed by atoms with Crippen molar-refractivity contribution in [1.29, 1.82) is 0 Å². The van der Waals surface area contributed by atoms with Gasteiger partial charge in [0.15, 0.2) is 0 Å². The Morgan fingerprint density at radius 2 is 2.04 bits per heavy atom. The average Bonchev–Trinajstić information content (AvgIpc) is 3.34. The van der Waals surface area contributed by atoms with E-state index in [0.29, 0.717) is 18.9 Å². The summed E-state index contributed by atoms with van der Waals surface area (Å²) < 4.78 is 5.23. The third-order valence-electron chi connectivity index (χ3n) is 4.11. The first kappa shape index (κ1) is 20.2. The number of carbonyl (C=O) groups excluding carboxylic acids is 1. The van der Waals surface area contributed by atoms with Gasteiger partial charge in [0.2, 0.25) is 5.91 Å². The second-order valence-corrected chi connectivity index (χ2v) is 6.39. The second-order valence-electron chi connectivity index (χ2n) is 5.96. The number of nitrogens with two attached hydrogens (primary N) is 1.